The lowest BCUT2D eigenvalue weighted by Gasteiger charge is -2.43. The first kappa shape index (κ1) is 34.3. The van der Waals surface area contributed by atoms with Gasteiger partial charge in [0.25, 0.3) is 0 Å². The first-order valence-corrected chi connectivity index (χ1v) is 13.5. The molecule has 0 aromatic heterocycles. The van der Waals surface area contributed by atoms with Gasteiger partial charge in [-0.15, -0.1) is 0 Å². The number of benzene rings is 2. The Morgan fingerprint density at radius 2 is 1.11 bits per heavy atom. The molecular weight excluding hydrogens is 596 g/mol. The smallest absolute Gasteiger partial charge is 0.339 e. The third-order valence-corrected chi connectivity index (χ3v) is 5.86. The monoisotopic (exact) mass is 628 g/mol. The Labute approximate surface area is 258 Å². The van der Waals surface area contributed by atoms with Gasteiger partial charge in [-0.25, -0.2) is 4.79 Å². The predicted octanol–water partition coefficient (Wildman–Crippen LogP) is 2.78. The molecule has 0 saturated carbocycles. The van der Waals surface area contributed by atoms with Gasteiger partial charge in [-0.1, -0.05) is 24.3 Å². The van der Waals surface area contributed by atoms with E-state index in [-0.39, 0.29) is 11.5 Å². The lowest BCUT2D eigenvalue weighted by molar-refractivity contribution is -0.282. The molecular formula is C31H32O14. The number of ether oxygens (including phenoxy) is 8. The van der Waals surface area contributed by atoms with E-state index in [1.807, 2.05) is 0 Å². The van der Waals surface area contributed by atoms with Crippen molar-refractivity contribution in [2.75, 3.05) is 7.11 Å². The predicted molar refractivity (Wildman–Crippen MR) is 152 cm³/mol. The molecule has 1 heterocycles. The number of carbonyl (C=O) groups excluding carboxylic acids is 6. The Morgan fingerprint density at radius 3 is 1.67 bits per heavy atom. The van der Waals surface area contributed by atoms with Gasteiger partial charge in [0, 0.05) is 40.7 Å². The van der Waals surface area contributed by atoms with E-state index in [4.69, 9.17) is 37.9 Å². The Kier molecular flexibility index (Phi) is 11.8. The SMILES string of the molecule is COC(=O)C1O[C@@H](Oc2cc(C=Cc3ccc(OC(C)=O)cc3)cc(OC(C)=O)c2)[C@@H](OC(C)=O)[C@@H](OC(C)=O)[C@@H]1OC(C)=O. The zero-order valence-corrected chi connectivity index (χ0v) is 25.3. The lowest BCUT2D eigenvalue weighted by Crippen LogP contribution is -2.64. The molecule has 0 spiro atoms. The Bertz CT molecular complexity index is 1460. The van der Waals surface area contributed by atoms with Crippen LogP contribution in [0.2, 0.25) is 0 Å². The molecule has 0 amide bonds. The van der Waals surface area contributed by atoms with E-state index in [1.165, 1.54) is 26.0 Å². The van der Waals surface area contributed by atoms with E-state index in [0.717, 1.165) is 33.4 Å². The highest BCUT2D eigenvalue weighted by Crippen LogP contribution is 2.33. The highest BCUT2D eigenvalue weighted by Gasteiger charge is 2.55. The third kappa shape index (κ3) is 10.2. The van der Waals surface area contributed by atoms with Crippen molar-refractivity contribution in [1.82, 2.24) is 0 Å². The molecule has 2 aromatic rings. The standard InChI is InChI=1S/C31H32O14/c1-16(32)39-23-11-9-21(10-12-23)7-8-22-13-24(40-17(2)33)15-25(14-22)44-31-29(43-20(5)36)27(42-19(4)35)26(41-18(3)34)28(45-31)30(37)38-6/h7-15,26-29,31H,1-6H3/t26-,27-,28?,29-,31+/m0/s1. The second-order valence-corrected chi connectivity index (χ2v) is 9.62. The molecule has 0 aliphatic carbocycles. The van der Waals surface area contributed by atoms with Crippen LogP contribution >= 0.6 is 0 Å². The van der Waals surface area contributed by atoms with Gasteiger partial charge in [-0.05, 0) is 35.4 Å². The van der Waals surface area contributed by atoms with Gasteiger partial charge in [-0.3, -0.25) is 24.0 Å². The van der Waals surface area contributed by atoms with Gasteiger partial charge in [0.15, 0.2) is 18.3 Å². The van der Waals surface area contributed by atoms with Gasteiger partial charge < -0.3 is 37.9 Å². The fourth-order valence-corrected chi connectivity index (χ4v) is 4.30. The zero-order chi connectivity index (χ0) is 33.3. The molecule has 1 unspecified atom stereocenters. The summed E-state index contributed by atoms with van der Waals surface area (Å²) < 4.78 is 42.9. The summed E-state index contributed by atoms with van der Waals surface area (Å²) in [4.78, 5) is 71.7. The second kappa shape index (κ2) is 15.5. The molecule has 0 radical (unpaired) electrons. The van der Waals surface area contributed by atoms with E-state index < -0.39 is 66.5 Å². The number of esters is 6. The summed E-state index contributed by atoms with van der Waals surface area (Å²) in [6.45, 7) is 5.71. The summed E-state index contributed by atoms with van der Waals surface area (Å²) in [5.74, 6) is -4.12. The van der Waals surface area contributed by atoms with Crippen LogP contribution in [0.5, 0.6) is 17.2 Å². The fraction of sp³-hybridized carbons (Fsp3) is 0.355. The fourth-order valence-electron chi connectivity index (χ4n) is 4.30. The van der Waals surface area contributed by atoms with Crippen LogP contribution in [-0.2, 0) is 52.5 Å². The van der Waals surface area contributed by atoms with Crippen molar-refractivity contribution >= 4 is 48.0 Å². The van der Waals surface area contributed by atoms with E-state index >= 15 is 0 Å². The largest absolute Gasteiger partial charge is 0.467 e. The number of hydrogen-bond donors (Lipinski definition) is 0. The van der Waals surface area contributed by atoms with Crippen molar-refractivity contribution in [2.45, 2.75) is 65.3 Å². The normalized spacial score (nSPS) is 20.8. The quantitative estimate of drug-likeness (QED) is 0.162. The highest BCUT2D eigenvalue weighted by atomic mass is 16.7. The van der Waals surface area contributed by atoms with Crippen LogP contribution in [-0.4, -0.2) is 73.6 Å². The van der Waals surface area contributed by atoms with Crippen LogP contribution in [0.15, 0.2) is 42.5 Å². The molecule has 0 N–H and O–H groups in total. The summed E-state index contributed by atoms with van der Waals surface area (Å²) >= 11 is 0. The van der Waals surface area contributed by atoms with E-state index in [9.17, 15) is 28.8 Å². The zero-order valence-electron chi connectivity index (χ0n) is 25.3. The molecule has 1 saturated heterocycles. The molecule has 240 valence electrons. The van der Waals surface area contributed by atoms with Crippen molar-refractivity contribution in [3.05, 3.63) is 53.6 Å². The van der Waals surface area contributed by atoms with Crippen molar-refractivity contribution in [1.29, 1.82) is 0 Å². The van der Waals surface area contributed by atoms with Crippen LogP contribution < -0.4 is 14.2 Å². The average molecular weight is 629 g/mol. The number of rotatable bonds is 10. The molecule has 2 aromatic carbocycles. The number of hydrogen-bond acceptors (Lipinski definition) is 14. The van der Waals surface area contributed by atoms with E-state index in [0.29, 0.717) is 11.3 Å². The van der Waals surface area contributed by atoms with Crippen LogP contribution in [0, 0.1) is 0 Å². The maximum atomic E-state index is 12.7. The van der Waals surface area contributed by atoms with Crippen LogP contribution in [0.25, 0.3) is 12.2 Å². The molecule has 14 nitrogen and oxygen atoms in total. The minimum Gasteiger partial charge on any atom is -0.467 e. The lowest BCUT2D eigenvalue weighted by atomic mass is 9.97. The highest BCUT2D eigenvalue weighted by molar-refractivity contribution is 5.77. The maximum Gasteiger partial charge on any atom is 0.339 e. The topological polar surface area (TPSA) is 176 Å². The van der Waals surface area contributed by atoms with Crippen molar-refractivity contribution in [2.24, 2.45) is 0 Å². The van der Waals surface area contributed by atoms with Gasteiger partial charge in [0.2, 0.25) is 12.4 Å². The van der Waals surface area contributed by atoms with Gasteiger partial charge in [0.1, 0.15) is 17.2 Å². The summed E-state index contributed by atoms with van der Waals surface area (Å²) in [5.41, 5.74) is 1.21. The molecule has 1 aliphatic rings. The third-order valence-electron chi connectivity index (χ3n) is 5.86. The van der Waals surface area contributed by atoms with Crippen molar-refractivity contribution in [3.8, 4) is 17.2 Å². The van der Waals surface area contributed by atoms with E-state index in [1.54, 1.807) is 42.5 Å². The van der Waals surface area contributed by atoms with Gasteiger partial charge in [-0.2, -0.15) is 0 Å². The van der Waals surface area contributed by atoms with Crippen molar-refractivity contribution in [3.63, 3.8) is 0 Å². The molecule has 3 rings (SSSR count). The molecule has 14 heteroatoms. The minimum atomic E-state index is -1.66. The summed E-state index contributed by atoms with van der Waals surface area (Å²) in [7, 11) is 1.07. The maximum absolute atomic E-state index is 12.7. The first-order chi connectivity index (χ1) is 21.2. The molecule has 5 atom stereocenters. The molecule has 1 aliphatic heterocycles. The van der Waals surface area contributed by atoms with Crippen LogP contribution in [0.1, 0.15) is 45.7 Å². The summed E-state index contributed by atoms with van der Waals surface area (Å²) in [6.07, 6.45) is -4.55. The van der Waals surface area contributed by atoms with Crippen LogP contribution in [0.4, 0.5) is 0 Å². The van der Waals surface area contributed by atoms with Gasteiger partial charge >= 0.3 is 35.8 Å². The summed E-state index contributed by atoms with van der Waals surface area (Å²) in [5, 5.41) is 0. The van der Waals surface area contributed by atoms with E-state index in [2.05, 4.69) is 0 Å². The second-order valence-electron chi connectivity index (χ2n) is 9.62. The number of carbonyl (C=O) groups is 6. The Hall–Kier alpha value is -5.24. The molecule has 45 heavy (non-hydrogen) atoms. The first-order valence-electron chi connectivity index (χ1n) is 13.5. The summed E-state index contributed by atoms with van der Waals surface area (Å²) in [6, 6.07) is 11.1. The van der Waals surface area contributed by atoms with Crippen molar-refractivity contribution < 1.29 is 66.7 Å². The number of methoxy groups -OCH3 is 1. The molecule has 1 fully saturated rings. The van der Waals surface area contributed by atoms with Crippen LogP contribution in [0.3, 0.4) is 0 Å². The minimum absolute atomic E-state index is 0.0249. The Morgan fingerprint density at radius 1 is 0.600 bits per heavy atom. The average Bonchev–Trinajstić information content (AvgIpc) is 2.93. The molecule has 0 bridgehead atoms. The van der Waals surface area contributed by atoms with Gasteiger partial charge in [0.05, 0.1) is 7.11 Å². The Balaban J connectivity index is 2.02.